The molecule has 0 atom stereocenters. The third-order valence-electron chi connectivity index (χ3n) is 6.92. The molecule has 13 heteroatoms. The second kappa shape index (κ2) is 9.56. The van der Waals surface area contributed by atoms with Gasteiger partial charge in [-0.15, -0.1) is 0 Å². The molecule has 3 N–H and O–H groups in total. The van der Waals surface area contributed by atoms with E-state index in [-0.39, 0.29) is 11.9 Å². The van der Waals surface area contributed by atoms with Gasteiger partial charge < -0.3 is 20.2 Å². The van der Waals surface area contributed by atoms with Gasteiger partial charge in [-0.3, -0.25) is 4.68 Å². The zero-order chi connectivity index (χ0) is 27.3. The molecule has 1 aliphatic carbocycles. The van der Waals surface area contributed by atoms with Crippen LogP contribution in [0.4, 0.5) is 24.1 Å². The summed E-state index contributed by atoms with van der Waals surface area (Å²) in [5.41, 5.74) is 10.00. The molecule has 0 unspecified atom stereocenters. The van der Waals surface area contributed by atoms with Crippen LogP contribution in [0.15, 0.2) is 47.3 Å². The van der Waals surface area contributed by atoms with Crippen molar-refractivity contribution in [3.05, 3.63) is 42.9 Å². The summed E-state index contributed by atoms with van der Waals surface area (Å²) in [5, 5.41) is 9.18. The molecule has 1 saturated carbocycles. The highest BCUT2D eigenvalue weighted by molar-refractivity contribution is 7.22. The van der Waals surface area contributed by atoms with Crippen LogP contribution >= 0.6 is 11.3 Å². The Balaban J connectivity index is 1.27. The van der Waals surface area contributed by atoms with Crippen LogP contribution < -0.4 is 11.1 Å². The lowest BCUT2D eigenvalue weighted by atomic mass is 9.93. The highest BCUT2D eigenvalue weighted by Crippen LogP contribution is 2.41. The van der Waals surface area contributed by atoms with Crippen molar-refractivity contribution in [3.8, 4) is 22.5 Å². The average molecular weight is 557 g/mol. The number of carbonyl (C=O) groups excluding carboxylic acids is 1. The third-order valence-corrected chi connectivity index (χ3v) is 8.04. The number of nitrogens with one attached hydrogen (secondary N) is 1. The molecule has 39 heavy (non-hydrogen) atoms. The van der Waals surface area contributed by atoms with Gasteiger partial charge in [-0.25, -0.2) is 14.8 Å². The summed E-state index contributed by atoms with van der Waals surface area (Å²) in [7, 11) is 1.83. The van der Waals surface area contributed by atoms with Gasteiger partial charge in [0.1, 0.15) is 11.9 Å². The molecule has 0 radical (unpaired) electrons. The van der Waals surface area contributed by atoms with Crippen molar-refractivity contribution >= 4 is 49.4 Å². The van der Waals surface area contributed by atoms with Crippen molar-refractivity contribution < 1.29 is 27.1 Å². The maximum Gasteiger partial charge on any atom is 0.490 e. The van der Waals surface area contributed by atoms with Crippen molar-refractivity contribution in [1.29, 1.82) is 0 Å². The van der Waals surface area contributed by atoms with E-state index in [1.54, 1.807) is 17.1 Å². The van der Waals surface area contributed by atoms with Crippen molar-refractivity contribution in [2.45, 2.75) is 44.0 Å². The average Bonchev–Trinajstić information content (AvgIpc) is 3.67. The van der Waals surface area contributed by atoms with Gasteiger partial charge in [-0.05, 0) is 43.9 Å². The summed E-state index contributed by atoms with van der Waals surface area (Å²) in [6.07, 6.45) is 1.29. The number of halogens is 3. The molecule has 0 saturated heterocycles. The van der Waals surface area contributed by atoms with Crippen molar-refractivity contribution in [1.82, 2.24) is 19.7 Å². The Kier molecular flexibility index (Phi) is 6.17. The first-order valence-corrected chi connectivity index (χ1v) is 13.1. The Morgan fingerprint density at radius 1 is 1.21 bits per heavy atom. The number of hydrogen-bond donors (Lipinski definition) is 2. The molecular weight excluding hydrogens is 533 g/mol. The molecule has 202 valence electrons. The zero-order valence-electron chi connectivity index (χ0n) is 20.7. The number of anilines is 2. The second-order valence-corrected chi connectivity index (χ2v) is 10.4. The maximum atomic E-state index is 12.5. The minimum atomic E-state index is -4.98. The number of esters is 1. The number of nitrogen functional groups attached to an aromatic ring is 1. The molecule has 0 bridgehead atoms. The molecule has 9 nitrogen and oxygen atoms in total. The van der Waals surface area contributed by atoms with Crippen LogP contribution in [0.5, 0.6) is 0 Å². The molecule has 5 aromatic rings. The predicted octanol–water partition coefficient (Wildman–Crippen LogP) is 6.18. The lowest BCUT2D eigenvalue weighted by Crippen LogP contribution is -2.32. The monoisotopic (exact) mass is 556 g/mol. The quantitative estimate of drug-likeness (QED) is 0.246. The molecule has 4 aromatic heterocycles. The molecule has 0 amide bonds. The summed E-state index contributed by atoms with van der Waals surface area (Å²) in [6.45, 7) is 0. The van der Waals surface area contributed by atoms with Gasteiger partial charge in [0.25, 0.3) is 0 Å². The molecule has 6 rings (SSSR count). The van der Waals surface area contributed by atoms with Gasteiger partial charge in [0.05, 0.1) is 22.5 Å². The summed E-state index contributed by atoms with van der Waals surface area (Å²) in [6, 6.07) is 7.76. The second-order valence-electron chi connectivity index (χ2n) is 9.38. The fourth-order valence-electron chi connectivity index (χ4n) is 4.98. The first-order valence-electron chi connectivity index (χ1n) is 12.3. The van der Waals surface area contributed by atoms with Gasteiger partial charge in [0.15, 0.2) is 16.5 Å². The van der Waals surface area contributed by atoms with Crippen LogP contribution in [0, 0.1) is 0 Å². The van der Waals surface area contributed by atoms with E-state index < -0.39 is 18.2 Å². The molecule has 0 spiro atoms. The molecular formula is C26H23F3N6O3S. The van der Waals surface area contributed by atoms with Gasteiger partial charge >= 0.3 is 12.1 Å². The lowest BCUT2D eigenvalue weighted by Gasteiger charge is -2.28. The Bertz CT molecular complexity index is 1680. The Morgan fingerprint density at radius 2 is 2.00 bits per heavy atom. The fourth-order valence-corrected chi connectivity index (χ4v) is 5.92. The number of alkyl halides is 3. The Labute approximate surface area is 223 Å². The number of thiazole rings is 1. The number of ether oxygens (including phenoxy) is 1. The molecule has 1 fully saturated rings. The van der Waals surface area contributed by atoms with E-state index in [4.69, 9.17) is 10.2 Å². The minimum absolute atomic E-state index is 0.0259. The van der Waals surface area contributed by atoms with Gasteiger partial charge in [-0.1, -0.05) is 17.4 Å². The van der Waals surface area contributed by atoms with E-state index >= 15 is 0 Å². The maximum absolute atomic E-state index is 12.5. The van der Waals surface area contributed by atoms with Crippen LogP contribution in [0.2, 0.25) is 0 Å². The Hall–Kier alpha value is -4.13. The normalized spacial score (nSPS) is 18.1. The number of nitrogens with zero attached hydrogens (tertiary/aromatic N) is 4. The number of hydrogen-bond acceptors (Lipinski definition) is 9. The number of furan rings is 1. The first-order chi connectivity index (χ1) is 18.7. The molecule has 1 aliphatic rings. The fraction of sp³-hybridized carbons (Fsp3) is 0.308. The van der Waals surface area contributed by atoms with Crippen LogP contribution in [0.25, 0.3) is 43.6 Å². The van der Waals surface area contributed by atoms with E-state index in [1.165, 1.54) is 11.3 Å². The number of nitrogens with two attached hydrogens (primary N) is 1. The van der Waals surface area contributed by atoms with Crippen LogP contribution in [-0.2, 0) is 9.53 Å². The van der Waals surface area contributed by atoms with E-state index in [0.29, 0.717) is 37.0 Å². The zero-order valence-corrected chi connectivity index (χ0v) is 21.5. The van der Waals surface area contributed by atoms with Crippen LogP contribution in [-0.4, -0.2) is 45.0 Å². The van der Waals surface area contributed by atoms with Gasteiger partial charge in [-0.2, -0.15) is 18.3 Å². The number of rotatable bonds is 5. The van der Waals surface area contributed by atoms with Crippen molar-refractivity contribution in [2.24, 2.45) is 0 Å². The van der Waals surface area contributed by atoms with Crippen molar-refractivity contribution in [3.63, 3.8) is 0 Å². The number of carbonyl (C=O) groups is 1. The molecule has 4 heterocycles. The Morgan fingerprint density at radius 3 is 2.74 bits per heavy atom. The number of fused-ring (bicyclic) bond motifs is 2. The highest BCUT2D eigenvalue weighted by atomic mass is 32.1. The predicted molar refractivity (Wildman–Crippen MR) is 141 cm³/mol. The van der Waals surface area contributed by atoms with Gasteiger partial charge in [0, 0.05) is 41.5 Å². The number of pyridine rings is 1. The largest absolute Gasteiger partial charge is 0.490 e. The molecule has 0 aliphatic heterocycles. The lowest BCUT2D eigenvalue weighted by molar-refractivity contribution is -0.206. The standard InChI is InChI=1S/C26H23F3N6O3S/c1-31-25-34-19-4-2-3-16(22(19)39-25)20-9-17-18(11-32-23(30)21(17)38-20)13-10-33-35(12-13)14-5-7-15(8-6-14)37-24(36)26(27,28)29/h2-4,9-12,14-15H,5-8H2,1H3,(H2,30,32)(H,31,34). The smallest absolute Gasteiger partial charge is 0.456 e. The third kappa shape index (κ3) is 4.67. The van der Waals surface area contributed by atoms with E-state index in [9.17, 15) is 18.0 Å². The minimum Gasteiger partial charge on any atom is -0.456 e. The summed E-state index contributed by atoms with van der Waals surface area (Å²) < 4.78 is 51.2. The topological polar surface area (TPSA) is 121 Å². The number of aromatic nitrogens is 4. The van der Waals surface area contributed by atoms with E-state index in [0.717, 1.165) is 37.4 Å². The van der Waals surface area contributed by atoms with E-state index in [2.05, 4.69) is 25.1 Å². The molecule has 1 aromatic carbocycles. The van der Waals surface area contributed by atoms with E-state index in [1.807, 2.05) is 37.5 Å². The van der Waals surface area contributed by atoms with Gasteiger partial charge in [0.2, 0.25) is 0 Å². The summed E-state index contributed by atoms with van der Waals surface area (Å²) in [4.78, 5) is 20.1. The highest BCUT2D eigenvalue weighted by Gasteiger charge is 2.42. The summed E-state index contributed by atoms with van der Waals surface area (Å²) in [5.74, 6) is -1.23. The first kappa shape index (κ1) is 25.2. The SMILES string of the molecule is CNc1nc2cccc(-c3cc4c(-c5cnn(C6CCC(OC(=O)C(F)(F)F)CC6)c5)cnc(N)c4o3)c2s1. The summed E-state index contributed by atoms with van der Waals surface area (Å²) >= 11 is 1.53. The van der Waals surface area contributed by atoms with Crippen LogP contribution in [0.1, 0.15) is 31.7 Å². The number of benzene rings is 1. The van der Waals surface area contributed by atoms with Crippen molar-refractivity contribution in [2.75, 3.05) is 18.1 Å². The van der Waals surface area contributed by atoms with Crippen LogP contribution in [0.3, 0.4) is 0 Å².